The molecule has 2 aromatic rings. The molecule has 2 aliphatic heterocycles. The number of pyridine rings is 1. The Morgan fingerprint density at radius 1 is 1.32 bits per heavy atom. The average Bonchev–Trinajstić information content (AvgIpc) is 3.35. The molecule has 10 nitrogen and oxygen atoms in total. The van der Waals surface area contributed by atoms with Crippen molar-refractivity contribution in [1.29, 1.82) is 0 Å². The fourth-order valence-corrected chi connectivity index (χ4v) is 5.67. The van der Waals surface area contributed by atoms with Crippen molar-refractivity contribution in [3.8, 4) is 5.75 Å². The maximum Gasteiger partial charge on any atom is 0.274 e. The summed E-state index contributed by atoms with van der Waals surface area (Å²) in [6.07, 6.45) is 2.99. The smallest absolute Gasteiger partial charge is 0.274 e. The van der Waals surface area contributed by atoms with Gasteiger partial charge in [-0.15, -0.1) is 0 Å². The lowest BCUT2D eigenvalue weighted by Gasteiger charge is -2.35. The second kappa shape index (κ2) is 9.14. The summed E-state index contributed by atoms with van der Waals surface area (Å²) >= 11 is 6.05. The summed E-state index contributed by atoms with van der Waals surface area (Å²) < 4.78 is 21.5. The molecule has 1 spiro atoms. The Hall–Kier alpha value is -3.44. The molecule has 2 N–H and O–H groups in total. The second-order valence-corrected chi connectivity index (χ2v) is 10.2. The zero-order chi connectivity index (χ0) is 26.6. The maximum atomic E-state index is 14.7. The Balaban J connectivity index is 1.45. The Morgan fingerprint density at radius 2 is 2.08 bits per heavy atom. The number of fused-ring (bicyclic) bond motifs is 2. The highest BCUT2D eigenvalue weighted by Crippen LogP contribution is 2.53. The number of amides is 3. The van der Waals surface area contributed by atoms with Gasteiger partial charge in [0.15, 0.2) is 11.4 Å². The van der Waals surface area contributed by atoms with Crippen LogP contribution < -0.4 is 15.6 Å². The first-order valence-electron chi connectivity index (χ1n) is 11.9. The van der Waals surface area contributed by atoms with Crippen LogP contribution in [0, 0.1) is 11.7 Å². The Bertz CT molecular complexity index is 1390. The zero-order valence-electron chi connectivity index (χ0n) is 20.3. The van der Waals surface area contributed by atoms with Gasteiger partial charge in [-0.3, -0.25) is 19.2 Å². The average molecular weight is 533 g/mol. The topological polar surface area (TPSA) is 121 Å². The van der Waals surface area contributed by atoms with Gasteiger partial charge in [-0.1, -0.05) is 11.6 Å². The monoisotopic (exact) mass is 532 g/mol. The molecule has 1 saturated carbocycles. The SMILES string of the molecule is COC[C@H]1C[C@@]12CN(C)C(=O)c1c(O)c(=O)c(C(=O)NCc3cc(N4CCCC4=O)cc(Cl)c3F)cn12. The third-order valence-electron chi connectivity index (χ3n) is 7.45. The van der Waals surface area contributed by atoms with Crippen molar-refractivity contribution in [2.24, 2.45) is 5.92 Å². The van der Waals surface area contributed by atoms with E-state index in [0.29, 0.717) is 44.6 Å². The van der Waals surface area contributed by atoms with E-state index in [1.807, 2.05) is 0 Å². The van der Waals surface area contributed by atoms with Crippen molar-refractivity contribution in [1.82, 2.24) is 14.8 Å². The van der Waals surface area contributed by atoms with Gasteiger partial charge in [-0.25, -0.2) is 4.39 Å². The first kappa shape index (κ1) is 25.2. The van der Waals surface area contributed by atoms with E-state index in [4.69, 9.17) is 16.3 Å². The van der Waals surface area contributed by atoms with Gasteiger partial charge < -0.3 is 29.5 Å². The number of ether oxygens (including phenoxy) is 1. The zero-order valence-corrected chi connectivity index (χ0v) is 21.1. The number of carbonyl (C=O) groups is 3. The number of rotatable bonds is 6. The van der Waals surface area contributed by atoms with E-state index in [9.17, 15) is 28.7 Å². The van der Waals surface area contributed by atoms with E-state index in [1.54, 1.807) is 14.2 Å². The molecule has 196 valence electrons. The summed E-state index contributed by atoms with van der Waals surface area (Å²) in [4.78, 5) is 53.8. The van der Waals surface area contributed by atoms with Gasteiger partial charge in [0.2, 0.25) is 11.3 Å². The predicted octanol–water partition coefficient (Wildman–Crippen LogP) is 1.85. The number of anilines is 1. The lowest BCUT2D eigenvalue weighted by molar-refractivity contribution is -0.117. The first-order chi connectivity index (χ1) is 17.6. The minimum atomic E-state index is -0.999. The quantitative estimate of drug-likeness (QED) is 0.586. The third kappa shape index (κ3) is 4.06. The number of benzene rings is 1. The van der Waals surface area contributed by atoms with Crippen molar-refractivity contribution >= 4 is 35.0 Å². The molecular weight excluding hydrogens is 507 g/mol. The standard InChI is InChI=1S/C25H26ClFN4O6/c1-29-12-25(8-14(25)11-37-2)31-10-16(21(33)22(34)20(31)24(29)36)23(35)28-9-13-6-15(7-17(26)19(13)27)30-5-3-4-18(30)32/h6-7,10,14,34H,3-5,8-9,11-12H2,1-2H3,(H,28,35)/t14-,25-/m1/s1. The number of aromatic nitrogens is 1. The van der Waals surface area contributed by atoms with E-state index in [0.717, 1.165) is 0 Å². The molecule has 0 bridgehead atoms. The van der Waals surface area contributed by atoms with Gasteiger partial charge in [0.25, 0.3) is 11.8 Å². The molecule has 1 aliphatic carbocycles. The fourth-order valence-electron chi connectivity index (χ4n) is 5.44. The molecular formula is C25H26ClFN4O6. The Kier molecular flexibility index (Phi) is 6.23. The number of halogens is 2. The minimum absolute atomic E-state index is 0.0249. The van der Waals surface area contributed by atoms with Gasteiger partial charge in [0.05, 0.1) is 17.2 Å². The van der Waals surface area contributed by atoms with Crippen molar-refractivity contribution in [2.45, 2.75) is 31.3 Å². The molecule has 12 heteroatoms. The van der Waals surface area contributed by atoms with Crippen LogP contribution in [-0.2, 0) is 21.6 Å². The minimum Gasteiger partial charge on any atom is -0.503 e. The lowest BCUT2D eigenvalue weighted by Crippen LogP contribution is -2.48. The molecule has 37 heavy (non-hydrogen) atoms. The van der Waals surface area contributed by atoms with Crippen LogP contribution in [0.5, 0.6) is 5.75 Å². The summed E-state index contributed by atoms with van der Waals surface area (Å²) in [6.45, 7) is 0.909. The number of methoxy groups -OCH3 is 1. The molecule has 1 saturated heterocycles. The van der Waals surface area contributed by atoms with E-state index in [1.165, 1.54) is 32.7 Å². The number of hydrogen-bond donors (Lipinski definition) is 2. The summed E-state index contributed by atoms with van der Waals surface area (Å²) in [5.41, 5.74) is -1.69. The van der Waals surface area contributed by atoms with E-state index in [-0.39, 0.29) is 40.2 Å². The normalized spacial score (nSPS) is 22.5. The van der Waals surface area contributed by atoms with Crippen LogP contribution in [-0.4, -0.2) is 66.1 Å². The van der Waals surface area contributed by atoms with Crippen LogP contribution in [0.1, 0.15) is 45.7 Å². The van der Waals surface area contributed by atoms with Crippen LogP contribution in [0.15, 0.2) is 23.1 Å². The van der Waals surface area contributed by atoms with Gasteiger partial charge in [-0.2, -0.15) is 0 Å². The van der Waals surface area contributed by atoms with Crippen molar-refractivity contribution in [3.63, 3.8) is 0 Å². The van der Waals surface area contributed by atoms with Crippen LogP contribution >= 0.6 is 11.6 Å². The van der Waals surface area contributed by atoms with Crippen LogP contribution in [0.25, 0.3) is 0 Å². The number of likely N-dealkylation sites (N-methyl/N-ethyl adjacent to an activating group) is 1. The fraction of sp³-hybridized carbons (Fsp3) is 0.440. The molecule has 5 rings (SSSR count). The molecule has 0 radical (unpaired) electrons. The van der Waals surface area contributed by atoms with Gasteiger partial charge in [0, 0.05) is 63.6 Å². The van der Waals surface area contributed by atoms with Crippen LogP contribution in [0.3, 0.4) is 0 Å². The van der Waals surface area contributed by atoms with Crippen molar-refractivity contribution in [2.75, 3.05) is 38.8 Å². The van der Waals surface area contributed by atoms with E-state index >= 15 is 0 Å². The lowest BCUT2D eigenvalue weighted by atomic mass is 10.0. The molecule has 2 fully saturated rings. The van der Waals surface area contributed by atoms with E-state index < -0.39 is 34.3 Å². The molecule has 1 aromatic heterocycles. The molecule has 3 heterocycles. The predicted molar refractivity (Wildman–Crippen MR) is 131 cm³/mol. The number of carbonyl (C=O) groups excluding carboxylic acids is 3. The second-order valence-electron chi connectivity index (χ2n) is 9.79. The molecule has 2 atom stereocenters. The van der Waals surface area contributed by atoms with Crippen LogP contribution in [0.2, 0.25) is 5.02 Å². The molecule has 3 amide bonds. The number of hydrogen-bond acceptors (Lipinski definition) is 6. The summed E-state index contributed by atoms with van der Waals surface area (Å²) in [7, 11) is 3.15. The molecule has 3 aliphatic rings. The number of nitrogens with zero attached hydrogens (tertiary/aromatic N) is 3. The van der Waals surface area contributed by atoms with Gasteiger partial charge in [-0.05, 0) is 25.0 Å². The molecule has 1 aromatic carbocycles. The van der Waals surface area contributed by atoms with Gasteiger partial charge >= 0.3 is 0 Å². The first-order valence-corrected chi connectivity index (χ1v) is 12.3. The van der Waals surface area contributed by atoms with Gasteiger partial charge in [0.1, 0.15) is 11.4 Å². The summed E-state index contributed by atoms with van der Waals surface area (Å²) in [5, 5.41) is 13.0. The third-order valence-corrected chi connectivity index (χ3v) is 7.72. The Labute approximate surface area is 216 Å². The summed E-state index contributed by atoms with van der Waals surface area (Å²) in [6, 6.07) is 2.80. The van der Waals surface area contributed by atoms with Crippen molar-refractivity contribution in [3.05, 3.63) is 56.2 Å². The molecule has 0 unspecified atom stereocenters. The van der Waals surface area contributed by atoms with Crippen LogP contribution in [0.4, 0.5) is 10.1 Å². The largest absolute Gasteiger partial charge is 0.503 e. The number of nitrogens with one attached hydrogen (secondary N) is 1. The summed E-state index contributed by atoms with van der Waals surface area (Å²) in [5.74, 6) is -3.02. The highest BCUT2D eigenvalue weighted by Gasteiger charge is 2.60. The number of aromatic hydroxyl groups is 1. The van der Waals surface area contributed by atoms with E-state index in [2.05, 4.69) is 5.32 Å². The highest BCUT2D eigenvalue weighted by molar-refractivity contribution is 6.31. The highest BCUT2D eigenvalue weighted by atomic mass is 35.5. The maximum absolute atomic E-state index is 14.7. The Morgan fingerprint density at radius 3 is 2.76 bits per heavy atom. The van der Waals surface area contributed by atoms with Crippen molar-refractivity contribution < 1.29 is 28.6 Å².